The van der Waals surface area contributed by atoms with Crippen LogP contribution >= 0.6 is 0 Å². The minimum absolute atomic E-state index is 0.177. The van der Waals surface area contributed by atoms with Gasteiger partial charge in [-0.25, -0.2) is 8.78 Å². The van der Waals surface area contributed by atoms with Crippen LogP contribution in [0, 0.1) is 11.6 Å². The molecule has 0 unspecified atom stereocenters. The molecule has 0 saturated heterocycles. The standard InChI is InChI=1S/C23H14F8N2O5/c1-36-17-9-11(38-23(29,30)31)3-6-15(17)37-16-7-4-13(22(26,27)28)19(25)18(16)21(35)33-10-2-5-14(24)12(8-10)20(32)34/h2-9H,1H3,(H2,32,34)(H,33,35)/i1D3. The summed E-state index contributed by atoms with van der Waals surface area (Å²) < 4.78 is 142. The van der Waals surface area contributed by atoms with Crippen LogP contribution in [0.1, 0.15) is 30.4 Å². The Morgan fingerprint density at radius 2 is 1.61 bits per heavy atom. The molecule has 0 fully saturated rings. The second kappa shape index (κ2) is 10.4. The lowest BCUT2D eigenvalue weighted by molar-refractivity contribution is -0.274. The van der Waals surface area contributed by atoms with Crippen molar-refractivity contribution in [3.05, 3.63) is 76.9 Å². The number of nitrogens with two attached hydrogens (primary N) is 1. The highest BCUT2D eigenvalue weighted by Crippen LogP contribution is 2.41. The molecule has 0 aliphatic rings. The van der Waals surface area contributed by atoms with Crippen LogP contribution in [0.3, 0.4) is 0 Å². The topological polar surface area (TPSA) is 99.9 Å². The molecule has 0 atom stereocenters. The highest BCUT2D eigenvalue weighted by molar-refractivity contribution is 6.07. The van der Waals surface area contributed by atoms with Gasteiger partial charge >= 0.3 is 12.5 Å². The summed E-state index contributed by atoms with van der Waals surface area (Å²) in [5.74, 6) is -9.87. The zero-order valence-electron chi connectivity index (χ0n) is 21.3. The van der Waals surface area contributed by atoms with Crippen molar-refractivity contribution in [2.75, 3.05) is 12.4 Å². The predicted octanol–water partition coefficient (Wildman–Crippen LogP) is 6.03. The van der Waals surface area contributed by atoms with E-state index in [2.05, 4.69) is 9.47 Å². The van der Waals surface area contributed by atoms with Crippen LogP contribution < -0.4 is 25.3 Å². The smallest absolute Gasteiger partial charge is 0.493 e. The summed E-state index contributed by atoms with van der Waals surface area (Å²) in [5, 5.41) is 1.95. The number of benzene rings is 3. The van der Waals surface area contributed by atoms with E-state index in [4.69, 9.17) is 14.6 Å². The van der Waals surface area contributed by atoms with Gasteiger partial charge in [0, 0.05) is 11.8 Å². The van der Waals surface area contributed by atoms with E-state index >= 15 is 4.39 Å². The van der Waals surface area contributed by atoms with Crippen molar-refractivity contribution in [3.63, 3.8) is 0 Å². The quantitative estimate of drug-likeness (QED) is 0.348. The zero-order valence-corrected chi connectivity index (χ0v) is 18.3. The lowest BCUT2D eigenvalue weighted by Crippen LogP contribution is -2.20. The van der Waals surface area contributed by atoms with Gasteiger partial charge in [0.25, 0.3) is 11.8 Å². The van der Waals surface area contributed by atoms with Gasteiger partial charge in [0.2, 0.25) is 0 Å². The van der Waals surface area contributed by atoms with Gasteiger partial charge in [-0.1, -0.05) is 0 Å². The molecule has 0 aliphatic heterocycles. The van der Waals surface area contributed by atoms with Crippen molar-refractivity contribution in [2.24, 2.45) is 5.73 Å². The lowest BCUT2D eigenvalue weighted by atomic mass is 10.1. The Morgan fingerprint density at radius 1 is 0.921 bits per heavy atom. The molecule has 202 valence electrons. The summed E-state index contributed by atoms with van der Waals surface area (Å²) in [6.07, 6.45) is -10.5. The molecule has 15 heteroatoms. The van der Waals surface area contributed by atoms with E-state index in [9.17, 15) is 40.3 Å². The van der Waals surface area contributed by atoms with E-state index in [1.807, 2.05) is 5.32 Å². The summed E-state index contributed by atoms with van der Waals surface area (Å²) in [7, 11) is -3.29. The molecule has 0 spiro atoms. The van der Waals surface area contributed by atoms with Gasteiger partial charge in [-0.2, -0.15) is 13.2 Å². The van der Waals surface area contributed by atoms with Gasteiger partial charge in [0.15, 0.2) is 17.3 Å². The van der Waals surface area contributed by atoms with Crippen LogP contribution in [-0.4, -0.2) is 25.2 Å². The number of amides is 2. The van der Waals surface area contributed by atoms with Crippen molar-refractivity contribution in [2.45, 2.75) is 12.5 Å². The number of alkyl halides is 6. The van der Waals surface area contributed by atoms with E-state index in [0.29, 0.717) is 36.4 Å². The third-order valence-corrected chi connectivity index (χ3v) is 4.60. The highest BCUT2D eigenvalue weighted by atomic mass is 19.4. The molecular weight excluding hydrogens is 536 g/mol. The van der Waals surface area contributed by atoms with E-state index in [0.717, 1.165) is 6.07 Å². The second-order valence-corrected chi connectivity index (χ2v) is 7.17. The Morgan fingerprint density at radius 3 is 2.21 bits per heavy atom. The molecule has 3 aromatic carbocycles. The summed E-state index contributed by atoms with van der Waals surface area (Å²) in [4.78, 5) is 24.3. The fourth-order valence-corrected chi connectivity index (χ4v) is 3.03. The number of hydrogen-bond donors (Lipinski definition) is 2. The van der Waals surface area contributed by atoms with E-state index in [1.54, 1.807) is 0 Å². The van der Waals surface area contributed by atoms with E-state index in [-0.39, 0.29) is 6.07 Å². The van der Waals surface area contributed by atoms with Gasteiger partial charge in [0.05, 0.1) is 22.3 Å². The first-order valence-corrected chi connectivity index (χ1v) is 9.82. The fraction of sp³-hybridized carbons (Fsp3) is 0.130. The average Bonchev–Trinajstić information content (AvgIpc) is 2.79. The molecule has 3 N–H and O–H groups in total. The molecular formula is C23H14F8N2O5. The number of ether oxygens (including phenoxy) is 3. The van der Waals surface area contributed by atoms with Crippen molar-refractivity contribution < 1.29 is 63.0 Å². The molecule has 0 heterocycles. The summed E-state index contributed by atoms with van der Waals surface area (Å²) in [6, 6.07) is 4.59. The number of anilines is 1. The number of rotatable bonds is 7. The van der Waals surface area contributed by atoms with Crippen LogP contribution in [0.15, 0.2) is 48.5 Å². The second-order valence-electron chi connectivity index (χ2n) is 7.17. The SMILES string of the molecule is [2H]C([2H])([2H])Oc1cc(OC(F)(F)F)ccc1Oc1ccc(C(F)(F)F)c(F)c1C(=O)Nc1ccc(F)c(C(N)=O)c1. The first kappa shape index (κ1) is 23.8. The third kappa shape index (κ3) is 6.41. The normalized spacial score (nSPS) is 13.1. The number of halogens is 8. The molecule has 3 rings (SSSR count). The number of methoxy groups -OCH3 is 1. The Hall–Kier alpha value is -4.56. The minimum Gasteiger partial charge on any atom is -0.493 e. The number of hydrogen-bond acceptors (Lipinski definition) is 5. The van der Waals surface area contributed by atoms with Crippen LogP contribution in [0.25, 0.3) is 0 Å². The van der Waals surface area contributed by atoms with Crippen LogP contribution in [-0.2, 0) is 6.18 Å². The minimum atomic E-state index is -5.32. The van der Waals surface area contributed by atoms with Crippen molar-refractivity contribution >= 4 is 17.5 Å². The summed E-state index contributed by atoms with van der Waals surface area (Å²) in [5.41, 5.74) is 0.528. The van der Waals surface area contributed by atoms with Gasteiger partial charge in [0.1, 0.15) is 22.9 Å². The number of primary amides is 1. The zero-order chi connectivity index (χ0) is 30.9. The highest BCUT2D eigenvalue weighted by Gasteiger charge is 2.38. The third-order valence-electron chi connectivity index (χ3n) is 4.60. The Kier molecular flexibility index (Phi) is 6.54. The van der Waals surface area contributed by atoms with Gasteiger partial charge in [-0.3, -0.25) is 9.59 Å². The molecule has 7 nitrogen and oxygen atoms in total. The maximum Gasteiger partial charge on any atom is 0.573 e. The molecule has 3 aromatic rings. The number of carbonyl (C=O) groups excluding carboxylic acids is 2. The average molecular weight is 553 g/mol. The van der Waals surface area contributed by atoms with Crippen LogP contribution in [0.2, 0.25) is 0 Å². The molecule has 0 saturated carbocycles. The molecule has 0 radical (unpaired) electrons. The summed E-state index contributed by atoms with van der Waals surface area (Å²) >= 11 is 0. The molecule has 2 amide bonds. The molecule has 38 heavy (non-hydrogen) atoms. The molecule has 0 aliphatic carbocycles. The maximum atomic E-state index is 15.1. The molecule has 0 bridgehead atoms. The van der Waals surface area contributed by atoms with Crippen LogP contribution in [0.4, 0.5) is 40.8 Å². The first-order valence-electron chi connectivity index (χ1n) is 11.3. The predicted molar refractivity (Wildman–Crippen MR) is 114 cm³/mol. The van der Waals surface area contributed by atoms with Crippen LogP contribution in [0.5, 0.6) is 23.0 Å². The Bertz CT molecular complexity index is 1490. The first-order chi connectivity index (χ1) is 18.7. The van der Waals surface area contributed by atoms with Gasteiger partial charge in [-0.15, -0.1) is 13.2 Å². The maximum absolute atomic E-state index is 15.1. The number of nitrogens with one attached hydrogen (secondary N) is 1. The molecule has 0 aromatic heterocycles. The van der Waals surface area contributed by atoms with Crippen molar-refractivity contribution in [1.82, 2.24) is 0 Å². The monoisotopic (exact) mass is 553 g/mol. The van der Waals surface area contributed by atoms with E-state index in [1.165, 1.54) is 0 Å². The van der Waals surface area contributed by atoms with Gasteiger partial charge < -0.3 is 25.3 Å². The summed E-state index contributed by atoms with van der Waals surface area (Å²) in [6.45, 7) is 0. The van der Waals surface area contributed by atoms with E-state index < -0.39 is 88.4 Å². The Balaban J connectivity index is 2.12. The largest absolute Gasteiger partial charge is 0.573 e. The number of carbonyl (C=O) groups is 2. The van der Waals surface area contributed by atoms with Crippen molar-refractivity contribution in [3.8, 4) is 23.0 Å². The fourth-order valence-electron chi connectivity index (χ4n) is 3.03. The lowest BCUT2D eigenvalue weighted by Gasteiger charge is -2.18. The van der Waals surface area contributed by atoms with Gasteiger partial charge in [-0.05, 0) is 42.5 Å². The Labute approximate surface area is 211 Å². The van der Waals surface area contributed by atoms with Crippen molar-refractivity contribution in [1.29, 1.82) is 0 Å².